The molecule has 0 fully saturated rings. The van der Waals surface area contributed by atoms with Crippen LogP contribution in [0.2, 0.25) is 5.02 Å². The Morgan fingerprint density at radius 3 is 2.16 bits per heavy atom. The number of likely N-dealkylation sites (N-methyl/N-ethyl adjacent to an activating group) is 1. The molecule has 0 bridgehead atoms. The van der Waals surface area contributed by atoms with Gasteiger partial charge in [-0.1, -0.05) is 71.8 Å². The predicted molar refractivity (Wildman–Crippen MR) is 167 cm³/mol. The first kappa shape index (κ1) is 31.7. The van der Waals surface area contributed by atoms with Crippen molar-refractivity contribution >= 4 is 39.1 Å². The molecule has 0 aliphatic carbocycles. The number of carbonyl (C=O) groups is 2. The second kappa shape index (κ2) is 14.3. The van der Waals surface area contributed by atoms with Crippen LogP contribution in [0.1, 0.15) is 23.6 Å². The molecule has 0 aliphatic heterocycles. The monoisotopic (exact) mass is 621 g/mol. The van der Waals surface area contributed by atoms with Gasteiger partial charge in [-0.2, -0.15) is 0 Å². The number of benzene rings is 4. The van der Waals surface area contributed by atoms with Gasteiger partial charge >= 0.3 is 0 Å². The minimum absolute atomic E-state index is 0.00631. The number of hydrogen-bond acceptors (Lipinski definition) is 4. The first-order valence-corrected chi connectivity index (χ1v) is 15.6. The number of nitrogens with zero attached hydrogens (tertiary/aromatic N) is 2. The first-order chi connectivity index (χ1) is 20.6. The Balaban J connectivity index is 1.79. The lowest BCUT2D eigenvalue weighted by molar-refractivity contribution is -0.140. The number of anilines is 1. The summed E-state index contributed by atoms with van der Waals surface area (Å²) in [5.41, 5.74) is 2.66. The van der Waals surface area contributed by atoms with Gasteiger partial charge in [0.2, 0.25) is 11.8 Å². The summed E-state index contributed by atoms with van der Waals surface area (Å²) in [5, 5.41) is 3.29. The third-order valence-electron chi connectivity index (χ3n) is 6.87. The highest BCUT2D eigenvalue weighted by molar-refractivity contribution is 7.92. The summed E-state index contributed by atoms with van der Waals surface area (Å²) in [6, 6.07) is 26.4. The fourth-order valence-electron chi connectivity index (χ4n) is 4.65. The lowest BCUT2D eigenvalue weighted by atomic mass is 10.0. The first-order valence-electron chi connectivity index (χ1n) is 13.8. The van der Waals surface area contributed by atoms with Crippen molar-refractivity contribution in [2.75, 3.05) is 17.4 Å². The molecule has 1 N–H and O–H groups in total. The van der Waals surface area contributed by atoms with Crippen LogP contribution in [0.3, 0.4) is 0 Å². The molecule has 1 unspecified atom stereocenters. The fourth-order valence-corrected chi connectivity index (χ4v) is 6.28. The van der Waals surface area contributed by atoms with Crippen molar-refractivity contribution in [1.82, 2.24) is 10.2 Å². The average Bonchev–Trinajstić information content (AvgIpc) is 2.99. The SMILES string of the molecule is CCNC(=O)C(Cc1ccccc1)N(Cc1cccc(Cl)c1)C(=O)CN(c1ccc(C)cc1)S(=O)(=O)c1ccc(F)cc1. The molecule has 10 heteroatoms. The van der Waals surface area contributed by atoms with Crippen LogP contribution in [0.25, 0.3) is 0 Å². The topological polar surface area (TPSA) is 86.8 Å². The maximum atomic E-state index is 14.3. The van der Waals surface area contributed by atoms with E-state index in [2.05, 4.69) is 5.32 Å². The van der Waals surface area contributed by atoms with E-state index in [0.29, 0.717) is 17.1 Å². The molecule has 4 aromatic carbocycles. The minimum Gasteiger partial charge on any atom is -0.355 e. The number of amides is 2. The van der Waals surface area contributed by atoms with Crippen molar-refractivity contribution in [3.63, 3.8) is 0 Å². The number of carbonyl (C=O) groups excluding carboxylic acids is 2. The molecule has 7 nitrogen and oxygen atoms in total. The molecular weight excluding hydrogens is 589 g/mol. The van der Waals surface area contributed by atoms with Crippen LogP contribution < -0.4 is 9.62 Å². The lowest BCUT2D eigenvalue weighted by Gasteiger charge is -2.34. The van der Waals surface area contributed by atoms with Crippen molar-refractivity contribution in [3.05, 3.63) is 131 Å². The zero-order valence-electron chi connectivity index (χ0n) is 23.9. The van der Waals surface area contributed by atoms with Gasteiger partial charge in [0.15, 0.2) is 0 Å². The zero-order valence-corrected chi connectivity index (χ0v) is 25.5. The van der Waals surface area contributed by atoms with Gasteiger partial charge in [0.25, 0.3) is 10.0 Å². The van der Waals surface area contributed by atoms with Gasteiger partial charge in [-0.15, -0.1) is 0 Å². The fraction of sp³-hybridized carbons (Fsp3) is 0.212. The van der Waals surface area contributed by atoms with Crippen molar-refractivity contribution in [3.8, 4) is 0 Å². The Kier molecular flexibility index (Phi) is 10.6. The molecule has 0 spiro atoms. The average molecular weight is 622 g/mol. The van der Waals surface area contributed by atoms with Gasteiger partial charge in [0.05, 0.1) is 10.6 Å². The Bertz CT molecular complexity index is 1650. The summed E-state index contributed by atoms with van der Waals surface area (Å²) in [4.78, 5) is 29.0. The maximum Gasteiger partial charge on any atom is 0.264 e. The van der Waals surface area contributed by atoms with Crippen LogP contribution >= 0.6 is 11.6 Å². The molecule has 0 aromatic heterocycles. The Morgan fingerprint density at radius 2 is 1.53 bits per heavy atom. The number of aryl methyl sites for hydroxylation is 1. The van der Waals surface area contributed by atoms with E-state index in [1.54, 1.807) is 55.5 Å². The molecule has 0 saturated carbocycles. The summed E-state index contributed by atoms with van der Waals surface area (Å²) in [6.45, 7) is 3.40. The highest BCUT2D eigenvalue weighted by Gasteiger charge is 2.34. The van der Waals surface area contributed by atoms with E-state index in [9.17, 15) is 22.4 Å². The largest absolute Gasteiger partial charge is 0.355 e. The van der Waals surface area contributed by atoms with Crippen LogP contribution in [0, 0.1) is 12.7 Å². The molecule has 224 valence electrons. The molecule has 4 aromatic rings. The molecular formula is C33H33ClFN3O4S. The van der Waals surface area contributed by atoms with Gasteiger partial charge < -0.3 is 10.2 Å². The highest BCUT2D eigenvalue weighted by atomic mass is 35.5. The summed E-state index contributed by atoms with van der Waals surface area (Å²) >= 11 is 6.25. The minimum atomic E-state index is -4.31. The van der Waals surface area contributed by atoms with Gasteiger partial charge in [-0.25, -0.2) is 12.8 Å². The molecule has 43 heavy (non-hydrogen) atoms. The molecule has 2 amide bonds. The van der Waals surface area contributed by atoms with Gasteiger partial charge in [0.1, 0.15) is 18.4 Å². The molecule has 4 rings (SSSR count). The smallest absolute Gasteiger partial charge is 0.264 e. The molecule has 0 heterocycles. The van der Waals surface area contributed by atoms with E-state index in [-0.39, 0.29) is 29.5 Å². The van der Waals surface area contributed by atoms with E-state index in [0.717, 1.165) is 39.7 Å². The van der Waals surface area contributed by atoms with Crippen molar-refractivity contribution in [1.29, 1.82) is 0 Å². The normalized spacial score (nSPS) is 11.9. The van der Waals surface area contributed by atoms with Gasteiger partial charge in [0, 0.05) is 24.5 Å². The second-order valence-electron chi connectivity index (χ2n) is 10.1. The third kappa shape index (κ3) is 8.21. The summed E-state index contributed by atoms with van der Waals surface area (Å²) in [5.74, 6) is -1.56. The van der Waals surface area contributed by atoms with E-state index < -0.39 is 34.3 Å². The van der Waals surface area contributed by atoms with Crippen molar-refractivity contribution in [2.45, 2.75) is 37.8 Å². The van der Waals surface area contributed by atoms with Crippen molar-refractivity contribution in [2.24, 2.45) is 0 Å². The number of rotatable bonds is 12. The van der Waals surface area contributed by atoms with E-state index in [1.807, 2.05) is 37.3 Å². The van der Waals surface area contributed by atoms with E-state index in [1.165, 1.54) is 4.90 Å². The number of sulfonamides is 1. The lowest BCUT2D eigenvalue weighted by Crippen LogP contribution is -2.53. The summed E-state index contributed by atoms with van der Waals surface area (Å²) in [6.07, 6.45) is 0.203. The van der Waals surface area contributed by atoms with Crippen LogP contribution in [0.4, 0.5) is 10.1 Å². The maximum absolute atomic E-state index is 14.3. The number of nitrogens with one attached hydrogen (secondary N) is 1. The van der Waals surface area contributed by atoms with Crippen LogP contribution in [0.15, 0.2) is 108 Å². The number of halogens is 2. The van der Waals surface area contributed by atoms with Gasteiger partial charge in [-0.05, 0) is 73.5 Å². The van der Waals surface area contributed by atoms with Crippen LogP contribution in [-0.4, -0.2) is 44.3 Å². The zero-order chi connectivity index (χ0) is 31.0. The van der Waals surface area contributed by atoms with Crippen LogP contribution in [-0.2, 0) is 32.6 Å². The molecule has 0 saturated heterocycles. The summed E-state index contributed by atoms with van der Waals surface area (Å²) < 4.78 is 42.5. The van der Waals surface area contributed by atoms with E-state index in [4.69, 9.17) is 11.6 Å². The Hall–Kier alpha value is -4.21. The molecule has 0 radical (unpaired) electrons. The number of hydrogen-bond donors (Lipinski definition) is 1. The van der Waals surface area contributed by atoms with Crippen molar-refractivity contribution < 1.29 is 22.4 Å². The quantitative estimate of drug-likeness (QED) is 0.218. The third-order valence-corrected chi connectivity index (χ3v) is 8.89. The Labute approximate surface area is 257 Å². The Morgan fingerprint density at radius 1 is 0.884 bits per heavy atom. The van der Waals surface area contributed by atoms with Crippen LogP contribution in [0.5, 0.6) is 0 Å². The van der Waals surface area contributed by atoms with Gasteiger partial charge in [-0.3, -0.25) is 13.9 Å². The second-order valence-corrected chi connectivity index (χ2v) is 12.4. The molecule has 1 atom stereocenters. The predicted octanol–water partition coefficient (Wildman–Crippen LogP) is 5.76. The highest BCUT2D eigenvalue weighted by Crippen LogP contribution is 2.26. The molecule has 0 aliphatic rings. The van der Waals surface area contributed by atoms with E-state index >= 15 is 0 Å². The summed E-state index contributed by atoms with van der Waals surface area (Å²) in [7, 11) is -4.31. The standard InChI is InChI=1S/C33H33ClFN3O4S/c1-3-36-33(40)31(21-25-8-5-4-6-9-25)37(22-26-10-7-11-27(34)20-26)32(39)23-38(29-16-12-24(2)13-17-29)43(41,42)30-18-14-28(35)15-19-30/h4-20,31H,3,21-23H2,1-2H3,(H,36,40).